The number of fused-ring (bicyclic) bond motifs is 3. The van der Waals surface area contributed by atoms with Crippen molar-refractivity contribution in [3.05, 3.63) is 24.3 Å². The Morgan fingerprint density at radius 1 is 1.14 bits per heavy atom. The van der Waals surface area contributed by atoms with Gasteiger partial charge in [0.25, 0.3) is 0 Å². The van der Waals surface area contributed by atoms with Crippen LogP contribution in [0.15, 0.2) is 24.3 Å². The topological polar surface area (TPSA) is 18.5 Å². The highest BCUT2D eigenvalue weighted by molar-refractivity contribution is 5.34. The molecule has 0 aromatic rings. The molecular formula is C20H32O2. The molecule has 2 nitrogen and oxygen atoms in total. The zero-order valence-electron chi connectivity index (χ0n) is 14.6. The molecule has 0 aromatic heterocycles. The molecule has 0 N–H and O–H groups in total. The standard InChI is InChI=1S/C20H32O2/c1-5-20-10-7-6-8-17(20)19(4)12-13-21-14-15-22-18(2,3)16(19)9-11-20/h5,8,16H,1,6-7,9-15H2,2-4H3/t16?,19-,20+/m0/s1. The molecule has 3 rings (SSSR count). The third kappa shape index (κ3) is 2.49. The van der Waals surface area contributed by atoms with Crippen LogP contribution in [0.5, 0.6) is 0 Å². The van der Waals surface area contributed by atoms with Crippen molar-refractivity contribution in [3.63, 3.8) is 0 Å². The van der Waals surface area contributed by atoms with Gasteiger partial charge in [0, 0.05) is 12.0 Å². The van der Waals surface area contributed by atoms with E-state index in [1.54, 1.807) is 5.57 Å². The van der Waals surface area contributed by atoms with Gasteiger partial charge in [-0.05, 0) is 63.7 Å². The van der Waals surface area contributed by atoms with Crippen LogP contribution in [0.25, 0.3) is 0 Å². The van der Waals surface area contributed by atoms with E-state index in [9.17, 15) is 0 Å². The Morgan fingerprint density at radius 2 is 1.95 bits per heavy atom. The molecule has 1 heterocycles. The van der Waals surface area contributed by atoms with Crippen molar-refractivity contribution in [2.24, 2.45) is 16.7 Å². The Balaban J connectivity index is 2.05. The van der Waals surface area contributed by atoms with E-state index in [-0.39, 0.29) is 16.4 Å². The minimum atomic E-state index is -0.0892. The first-order chi connectivity index (χ1) is 10.4. The van der Waals surface area contributed by atoms with Gasteiger partial charge in [-0.2, -0.15) is 0 Å². The molecule has 1 saturated carbocycles. The SMILES string of the molecule is C=C[C@]12CCCC=C1[C@@]1(C)CCOCCOC(C)(C)C1CC2. The van der Waals surface area contributed by atoms with E-state index in [1.807, 2.05) is 0 Å². The fourth-order valence-electron chi connectivity index (χ4n) is 5.56. The molecule has 124 valence electrons. The molecule has 1 saturated heterocycles. The molecule has 3 atom stereocenters. The summed E-state index contributed by atoms with van der Waals surface area (Å²) < 4.78 is 12.1. The van der Waals surface area contributed by atoms with Crippen LogP contribution in [0.2, 0.25) is 0 Å². The van der Waals surface area contributed by atoms with Crippen molar-refractivity contribution < 1.29 is 9.47 Å². The number of allylic oxidation sites excluding steroid dienone is 3. The fraction of sp³-hybridized carbons (Fsp3) is 0.800. The predicted molar refractivity (Wildman–Crippen MR) is 90.9 cm³/mol. The molecule has 22 heavy (non-hydrogen) atoms. The molecule has 3 aliphatic rings. The van der Waals surface area contributed by atoms with Crippen LogP contribution in [0.1, 0.15) is 59.3 Å². The maximum absolute atomic E-state index is 6.25. The Hall–Kier alpha value is -0.600. The lowest BCUT2D eigenvalue weighted by Gasteiger charge is -2.57. The zero-order valence-corrected chi connectivity index (χ0v) is 14.6. The van der Waals surface area contributed by atoms with Gasteiger partial charge < -0.3 is 9.47 Å². The van der Waals surface area contributed by atoms with Crippen LogP contribution >= 0.6 is 0 Å². The van der Waals surface area contributed by atoms with Crippen molar-refractivity contribution in [2.75, 3.05) is 19.8 Å². The summed E-state index contributed by atoms with van der Waals surface area (Å²) >= 11 is 0. The third-order valence-corrected chi connectivity index (χ3v) is 6.67. The van der Waals surface area contributed by atoms with Gasteiger partial charge in [0.15, 0.2) is 0 Å². The molecule has 2 heteroatoms. The second-order valence-corrected chi connectivity index (χ2v) is 8.19. The Kier molecular flexibility index (Phi) is 4.28. The van der Waals surface area contributed by atoms with Crippen LogP contribution in [0.3, 0.4) is 0 Å². The lowest BCUT2D eigenvalue weighted by molar-refractivity contribution is -0.108. The van der Waals surface area contributed by atoms with E-state index >= 15 is 0 Å². The van der Waals surface area contributed by atoms with Crippen LogP contribution in [0.4, 0.5) is 0 Å². The largest absolute Gasteiger partial charge is 0.379 e. The first-order valence-corrected chi connectivity index (χ1v) is 9.01. The summed E-state index contributed by atoms with van der Waals surface area (Å²) in [5, 5.41) is 0. The molecule has 2 aliphatic carbocycles. The molecule has 0 spiro atoms. The smallest absolute Gasteiger partial charge is 0.0707 e. The summed E-state index contributed by atoms with van der Waals surface area (Å²) in [4.78, 5) is 0. The summed E-state index contributed by atoms with van der Waals surface area (Å²) in [7, 11) is 0. The maximum Gasteiger partial charge on any atom is 0.0707 e. The van der Waals surface area contributed by atoms with Crippen LogP contribution in [0, 0.1) is 16.7 Å². The van der Waals surface area contributed by atoms with E-state index in [4.69, 9.17) is 9.47 Å². The molecule has 0 radical (unpaired) electrons. The molecule has 0 amide bonds. The van der Waals surface area contributed by atoms with E-state index in [0.29, 0.717) is 12.5 Å². The van der Waals surface area contributed by atoms with Gasteiger partial charge in [-0.15, -0.1) is 6.58 Å². The zero-order chi connectivity index (χ0) is 15.8. The van der Waals surface area contributed by atoms with E-state index in [0.717, 1.165) is 19.6 Å². The third-order valence-electron chi connectivity index (χ3n) is 6.67. The number of hydrogen-bond acceptors (Lipinski definition) is 2. The number of hydrogen-bond donors (Lipinski definition) is 0. The molecule has 1 aliphatic heterocycles. The average Bonchev–Trinajstić information content (AvgIpc) is 2.55. The highest BCUT2D eigenvalue weighted by atomic mass is 16.5. The monoisotopic (exact) mass is 304 g/mol. The normalized spacial score (nSPS) is 42.0. The van der Waals surface area contributed by atoms with Gasteiger partial charge in [-0.3, -0.25) is 0 Å². The highest BCUT2D eigenvalue weighted by Crippen LogP contribution is 2.62. The van der Waals surface area contributed by atoms with Crippen molar-refractivity contribution >= 4 is 0 Å². The Morgan fingerprint density at radius 3 is 2.73 bits per heavy atom. The van der Waals surface area contributed by atoms with Gasteiger partial charge in [0.05, 0.1) is 18.8 Å². The predicted octanol–water partition coefficient (Wildman–Crippen LogP) is 4.90. The lowest BCUT2D eigenvalue weighted by atomic mass is 9.48. The van der Waals surface area contributed by atoms with E-state index in [1.165, 1.54) is 32.1 Å². The van der Waals surface area contributed by atoms with Crippen molar-refractivity contribution in [2.45, 2.75) is 64.9 Å². The maximum atomic E-state index is 6.25. The summed E-state index contributed by atoms with van der Waals surface area (Å²) in [6.45, 7) is 13.5. The number of rotatable bonds is 1. The summed E-state index contributed by atoms with van der Waals surface area (Å²) in [6.07, 6.45) is 12.1. The second-order valence-electron chi connectivity index (χ2n) is 8.19. The summed E-state index contributed by atoms with van der Waals surface area (Å²) in [5.74, 6) is 0.555. The van der Waals surface area contributed by atoms with Crippen LogP contribution in [-0.4, -0.2) is 25.4 Å². The van der Waals surface area contributed by atoms with Crippen LogP contribution < -0.4 is 0 Å². The van der Waals surface area contributed by atoms with Gasteiger partial charge >= 0.3 is 0 Å². The van der Waals surface area contributed by atoms with Gasteiger partial charge in [-0.25, -0.2) is 0 Å². The van der Waals surface area contributed by atoms with Gasteiger partial charge in [-0.1, -0.05) is 24.6 Å². The Labute approximate surface area is 136 Å². The van der Waals surface area contributed by atoms with Crippen molar-refractivity contribution in [1.82, 2.24) is 0 Å². The van der Waals surface area contributed by atoms with Gasteiger partial charge in [0.1, 0.15) is 0 Å². The molecular weight excluding hydrogens is 272 g/mol. The fourth-order valence-corrected chi connectivity index (χ4v) is 5.56. The first-order valence-electron chi connectivity index (χ1n) is 9.01. The Bertz CT molecular complexity index is 464. The summed E-state index contributed by atoms with van der Waals surface area (Å²) in [5.41, 5.74) is 1.95. The molecule has 1 unspecified atom stereocenters. The van der Waals surface area contributed by atoms with Crippen molar-refractivity contribution in [1.29, 1.82) is 0 Å². The first kappa shape index (κ1) is 16.3. The van der Waals surface area contributed by atoms with Crippen molar-refractivity contribution in [3.8, 4) is 0 Å². The average molecular weight is 304 g/mol. The van der Waals surface area contributed by atoms with Crippen LogP contribution in [-0.2, 0) is 9.47 Å². The quantitative estimate of drug-likeness (QED) is 0.641. The van der Waals surface area contributed by atoms with Gasteiger partial charge in [0.2, 0.25) is 0 Å². The lowest BCUT2D eigenvalue weighted by Crippen LogP contribution is -2.52. The summed E-state index contributed by atoms with van der Waals surface area (Å²) in [6, 6.07) is 0. The minimum Gasteiger partial charge on any atom is -0.379 e. The number of ether oxygens (including phenoxy) is 2. The van der Waals surface area contributed by atoms with E-state index < -0.39 is 0 Å². The molecule has 0 aromatic carbocycles. The van der Waals surface area contributed by atoms with E-state index in [2.05, 4.69) is 39.5 Å². The highest BCUT2D eigenvalue weighted by Gasteiger charge is 2.55. The molecule has 0 bridgehead atoms. The minimum absolute atomic E-state index is 0.0892. The second kappa shape index (κ2) is 5.79. The molecule has 2 fully saturated rings.